The van der Waals surface area contributed by atoms with Crippen molar-refractivity contribution >= 4 is 5.91 Å². The number of pyridine rings is 1. The molecule has 0 aliphatic carbocycles. The fourth-order valence-corrected chi connectivity index (χ4v) is 2.33. The molecule has 0 spiro atoms. The normalized spacial score (nSPS) is 10.5. The first-order valence-corrected chi connectivity index (χ1v) is 7.45. The van der Waals surface area contributed by atoms with Crippen molar-refractivity contribution in [2.45, 2.75) is 20.4 Å². The molecule has 2 heterocycles. The van der Waals surface area contributed by atoms with E-state index in [1.165, 1.54) is 5.56 Å². The number of nitrogens with zero attached hydrogens (tertiary/aromatic N) is 3. The van der Waals surface area contributed by atoms with Gasteiger partial charge in [0.05, 0.1) is 17.5 Å². The van der Waals surface area contributed by atoms with E-state index in [0.717, 1.165) is 11.3 Å². The van der Waals surface area contributed by atoms with E-state index < -0.39 is 0 Å². The average molecular weight is 306 g/mol. The van der Waals surface area contributed by atoms with Gasteiger partial charge in [0.15, 0.2) is 5.82 Å². The Balaban J connectivity index is 1.73. The molecule has 5 heteroatoms. The number of aryl methyl sites for hydroxylation is 1. The third-order valence-corrected chi connectivity index (χ3v) is 3.69. The minimum atomic E-state index is -0.134. The molecule has 116 valence electrons. The maximum Gasteiger partial charge on any atom is 0.255 e. The van der Waals surface area contributed by atoms with Crippen LogP contribution in [0.2, 0.25) is 0 Å². The molecule has 0 bridgehead atoms. The Morgan fingerprint density at radius 1 is 1.13 bits per heavy atom. The van der Waals surface area contributed by atoms with E-state index in [0.29, 0.717) is 17.9 Å². The maximum absolute atomic E-state index is 12.4. The third-order valence-electron chi connectivity index (χ3n) is 3.69. The van der Waals surface area contributed by atoms with Crippen LogP contribution in [0.25, 0.3) is 5.82 Å². The molecule has 2 aromatic heterocycles. The molecule has 0 aliphatic heterocycles. The van der Waals surface area contributed by atoms with Crippen LogP contribution in [-0.2, 0) is 6.54 Å². The molecular formula is C18H18N4O. The molecular weight excluding hydrogens is 288 g/mol. The van der Waals surface area contributed by atoms with Crippen LogP contribution in [0.4, 0.5) is 0 Å². The maximum atomic E-state index is 12.4. The molecule has 1 N–H and O–H groups in total. The monoisotopic (exact) mass is 306 g/mol. The molecule has 0 saturated heterocycles. The van der Waals surface area contributed by atoms with Crippen molar-refractivity contribution in [2.24, 2.45) is 0 Å². The molecule has 3 aromatic rings. The molecule has 23 heavy (non-hydrogen) atoms. The minimum Gasteiger partial charge on any atom is -0.348 e. The van der Waals surface area contributed by atoms with Crippen molar-refractivity contribution < 1.29 is 4.79 Å². The van der Waals surface area contributed by atoms with Crippen LogP contribution >= 0.6 is 0 Å². The third kappa shape index (κ3) is 3.29. The molecule has 5 nitrogen and oxygen atoms in total. The van der Waals surface area contributed by atoms with E-state index in [2.05, 4.69) is 15.4 Å². The van der Waals surface area contributed by atoms with Gasteiger partial charge < -0.3 is 5.32 Å². The van der Waals surface area contributed by atoms with Crippen LogP contribution in [0, 0.1) is 13.8 Å². The Morgan fingerprint density at radius 2 is 1.91 bits per heavy atom. The summed E-state index contributed by atoms with van der Waals surface area (Å²) < 4.78 is 1.67. The summed E-state index contributed by atoms with van der Waals surface area (Å²) in [5.41, 5.74) is 3.60. The summed E-state index contributed by atoms with van der Waals surface area (Å²) in [5, 5.41) is 7.19. The summed E-state index contributed by atoms with van der Waals surface area (Å²) in [4.78, 5) is 16.6. The first-order chi connectivity index (χ1) is 11.1. The lowest BCUT2D eigenvalue weighted by molar-refractivity contribution is 0.0950. The second-order valence-corrected chi connectivity index (χ2v) is 5.41. The van der Waals surface area contributed by atoms with Crippen molar-refractivity contribution in [2.75, 3.05) is 0 Å². The number of aromatic nitrogens is 3. The Labute approximate surface area is 135 Å². The molecule has 0 radical (unpaired) electrons. The van der Waals surface area contributed by atoms with Gasteiger partial charge in [0.25, 0.3) is 5.91 Å². The van der Waals surface area contributed by atoms with E-state index in [1.807, 2.05) is 56.3 Å². The first kappa shape index (κ1) is 15.0. The molecule has 0 saturated carbocycles. The number of hydrogen-bond donors (Lipinski definition) is 1. The summed E-state index contributed by atoms with van der Waals surface area (Å²) in [5.74, 6) is 0.563. The highest BCUT2D eigenvalue weighted by Gasteiger charge is 2.15. The zero-order valence-electron chi connectivity index (χ0n) is 13.2. The number of amides is 1. The SMILES string of the molecule is Cc1ccc(CNC(=O)c2cnn(-c3ccccn3)c2C)cc1. The van der Waals surface area contributed by atoms with Crippen LogP contribution in [-0.4, -0.2) is 20.7 Å². The predicted octanol–water partition coefficient (Wildman–Crippen LogP) is 2.81. The number of benzene rings is 1. The highest BCUT2D eigenvalue weighted by molar-refractivity contribution is 5.95. The van der Waals surface area contributed by atoms with Crippen LogP contribution in [0.1, 0.15) is 27.2 Å². The summed E-state index contributed by atoms with van der Waals surface area (Å²) in [6, 6.07) is 13.7. The zero-order chi connectivity index (χ0) is 16.2. The zero-order valence-corrected chi connectivity index (χ0v) is 13.2. The van der Waals surface area contributed by atoms with Crippen LogP contribution < -0.4 is 5.32 Å². The Hall–Kier alpha value is -2.95. The van der Waals surface area contributed by atoms with Crippen molar-refractivity contribution in [1.82, 2.24) is 20.1 Å². The molecule has 0 unspecified atom stereocenters. The molecule has 3 rings (SSSR count). The Morgan fingerprint density at radius 3 is 2.61 bits per heavy atom. The van der Waals surface area contributed by atoms with E-state index in [4.69, 9.17) is 0 Å². The summed E-state index contributed by atoms with van der Waals surface area (Å²) >= 11 is 0. The summed E-state index contributed by atoms with van der Waals surface area (Å²) in [7, 11) is 0. The van der Waals surface area contributed by atoms with Crippen molar-refractivity contribution in [1.29, 1.82) is 0 Å². The van der Waals surface area contributed by atoms with Gasteiger partial charge in [0.2, 0.25) is 0 Å². The number of hydrogen-bond acceptors (Lipinski definition) is 3. The summed E-state index contributed by atoms with van der Waals surface area (Å²) in [6.45, 7) is 4.40. The molecule has 1 amide bonds. The number of carbonyl (C=O) groups excluding carboxylic acids is 1. The lowest BCUT2D eigenvalue weighted by atomic mass is 10.1. The van der Waals surface area contributed by atoms with Gasteiger partial charge in [-0.2, -0.15) is 5.10 Å². The van der Waals surface area contributed by atoms with Crippen LogP contribution in [0.5, 0.6) is 0 Å². The van der Waals surface area contributed by atoms with Crippen LogP contribution in [0.15, 0.2) is 54.9 Å². The lowest BCUT2D eigenvalue weighted by Crippen LogP contribution is -2.23. The first-order valence-electron chi connectivity index (χ1n) is 7.45. The van der Waals surface area contributed by atoms with Crippen molar-refractivity contribution in [3.63, 3.8) is 0 Å². The molecule has 1 aromatic carbocycles. The topological polar surface area (TPSA) is 59.8 Å². The highest BCUT2D eigenvalue weighted by atomic mass is 16.1. The average Bonchev–Trinajstić information content (AvgIpc) is 2.96. The van der Waals surface area contributed by atoms with Gasteiger partial charge in [0.1, 0.15) is 0 Å². The fraction of sp³-hybridized carbons (Fsp3) is 0.167. The number of nitrogens with one attached hydrogen (secondary N) is 1. The highest BCUT2D eigenvalue weighted by Crippen LogP contribution is 2.12. The van der Waals surface area contributed by atoms with Gasteiger partial charge in [-0.15, -0.1) is 0 Å². The standard InChI is InChI=1S/C18H18N4O/c1-13-6-8-15(9-7-13)11-20-18(23)16-12-21-22(14(16)2)17-5-3-4-10-19-17/h3-10,12H,11H2,1-2H3,(H,20,23). The fourth-order valence-electron chi connectivity index (χ4n) is 2.33. The molecule has 0 fully saturated rings. The van der Waals surface area contributed by atoms with Gasteiger partial charge in [-0.3, -0.25) is 4.79 Å². The van der Waals surface area contributed by atoms with E-state index in [-0.39, 0.29) is 5.91 Å². The predicted molar refractivity (Wildman–Crippen MR) is 88.4 cm³/mol. The van der Waals surface area contributed by atoms with Crippen molar-refractivity contribution in [3.8, 4) is 5.82 Å². The second kappa shape index (κ2) is 6.44. The van der Waals surface area contributed by atoms with Crippen molar-refractivity contribution in [3.05, 3.63) is 77.2 Å². The second-order valence-electron chi connectivity index (χ2n) is 5.41. The smallest absolute Gasteiger partial charge is 0.255 e. The quantitative estimate of drug-likeness (QED) is 0.806. The number of rotatable bonds is 4. The molecule has 0 atom stereocenters. The van der Waals surface area contributed by atoms with Gasteiger partial charge in [0, 0.05) is 12.7 Å². The Kier molecular flexibility index (Phi) is 4.19. The van der Waals surface area contributed by atoms with Gasteiger partial charge in [-0.1, -0.05) is 35.9 Å². The Bertz CT molecular complexity index is 807. The van der Waals surface area contributed by atoms with Gasteiger partial charge in [-0.05, 0) is 31.5 Å². The molecule has 0 aliphatic rings. The van der Waals surface area contributed by atoms with E-state index in [9.17, 15) is 4.79 Å². The minimum absolute atomic E-state index is 0.134. The van der Waals surface area contributed by atoms with Crippen LogP contribution in [0.3, 0.4) is 0 Å². The van der Waals surface area contributed by atoms with E-state index in [1.54, 1.807) is 17.1 Å². The van der Waals surface area contributed by atoms with Gasteiger partial charge in [-0.25, -0.2) is 9.67 Å². The van der Waals surface area contributed by atoms with E-state index >= 15 is 0 Å². The largest absolute Gasteiger partial charge is 0.348 e. The summed E-state index contributed by atoms with van der Waals surface area (Å²) in [6.07, 6.45) is 3.28. The van der Waals surface area contributed by atoms with Gasteiger partial charge >= 0.3 is 0 Å². The lowest BCUT2D eigenvalue weighted by Gasteiger charge is -2.06. The number of carbonyl (C=O) groups is 1.